The molecule has 2 rings (SSSR count). The molecule has 1 heterocycles. The molecule has 6 heteroatoms. The van der Waals surface area contributed by atoms with Gasteiger partial charge in [-0.2, -0.15) is 0 Å². The molecule has 0 fully saturated rings. The van der Waals surface area contributed by atoms with Gasteiger partial charge in [-0.3, -0.25) is 0 Å². The van der Waals surface area contributed by atoms with E-state index < -0.39 is 12.0 Å². The van der Waals surface area contributed by atoms with E-state index in [2.05, 4.69) is 10.6 Å². The first-order valence-corrected chi connectivity index (χ1v) is 6.27. The van der Waals surface area contributed by atoms with Crippen molar-refractivity contribution in [3.8, 4) is 5.75 Å². The Kier molecular flexibility index (Phi) is 3.93. The molecule has 0 unspecified atom stereocenters. The minimum Gasteiger partial charge on any atom is -0.508 e. The molecule has 1 aliphatic rings. The summed E-state index contributed by atoms with van der Waals surface area (Å²) in [6, 6.07) is 5.33. The number of carbonyl (C=O) groups excluding carboxylic acids is 2. The van der Waals surface area contributed by atoms with E-state index in [9.17, 15) is 14.7 Å². The number of rotatable bonds is 3. The van der Waals surface area contributed by atoms with E-state index in [0.717, 1.165) is 0 Å². The normalized spacial score (nSPS) is 18.3. The quantitative estimate of drug-likeness (QED) is 0.731. The molecule has 1 aromatic rings. The fraction of sp³-hybridized carbons (Fsp3) is 0.286. The topological polar surface area (TPSA) is 87.7 Å². The molecule has 0 radical (unpaired) electrons. The van der Waals surface area contributed by atoms with Crippen LogP contribution in [0.1, 0.15) is 25.5 Å². The van der Waals surface area contributed by atoms with Gasteiger partial charge < -0.3 is 20.5 Å². The number of carbonyl (C=O) groups is 2. The first-order chi connectivity index (χ1) is 9.52. The van der Waals surface area contributed by atoms with Crippen LogP contribution in [0.4, 0.5) is 4.79 Å². The lowest BCUT2D eigenvalue weighted by Crippen LogP contribution is -2.45. The van der Waals surface area contributed by atoms with Crippen molar-refractivity contribution in [3.05, 3.63) is 41.1 Å². The standard InChI is InChI=1S/C14H16N2O4/c1-3-20-13(18)11-8(2)15-14(19)16-12(11)9-4-6-10(17)7-5-9/h4-7,12,17H,3H2,1-2H3,(H2,15,16,19)/t12-/m1/s1. The lowest BCUT2D eigenvalue weighted by molar-refractivity contribution is -0.139. The Morgan fingerprint density at radius 3 is 2.60 bits per heavy atom. The maximum atomic E-state index is 12.0. The van der Waals surface area contributed by atoms with Crippen molar-refractivity contribution in [2.24, 2.45) is 0 Å². The largest absolute Gasteiger partial charge is 0.508 e. The molecule has 20 heavy (non-hydrogen) atoms. The monoisotopic (exact) mass is 276 g/mol. The van der Waals surface area contributed by atoms with Gasteiger partial charge in [-0.05, 0) is 31.5 Å². The number of nitrogens with one attached hydrogen (secondary N) is 2. The minimum absolute atomic E-state index is 0.118. The number of urea groups is 1. The van der Waals surface area contributed by atoms with Crippen LogP contribution in [0.25, 0.3) is 0 Å². The molecule has 0 bridgehead atoms. The zero-order chi connectivity index (χ0) is 14.7. The Hall–Kier alpha value is -2.50. The molecule has 0 saturated carbocycles. The maximum absolute atomic E-state index is 12.0. The average molecular weight is 276 g/mol. The van der Waals surface area contributed by atoms with Crippen molar-refractivity contribution in [1.82, 2.24) is 10.6 Å². The first-order valence-electron chi connectivity index (χ1n) is 6.27. The van der Waals surface area contributed by atoms with E-state index in [0.29, 0.717) is 16.8 Å². The SMILES string of the molecule is CCOC(=O)C1=C(C)NC(=O)N[C@@H]1c1ccc(O)cc1. The number of amides is 2. The molecule has 0 saturated heterocycles. The number of ether oxygens (including phenoxy) is 1. The van der Waals surface area contributed by atoms with E-state index in [-0.39, 0.29) is 18.4 Å². The second kappa shape index (κ2) is 5.64. The molecule has 0 aliphatic carbocycles. The number of allylic oxidation sites excluding steroid dienone is 1. The van der Waals surface area contributed by atoms with Gasteiger partial charge in [0.1, 0.15) is 5.75 Å². The van der Waals surface area contributed by atoms with Gasteiger partial charge in [0.2, 0.25) is 0 Å². The predicted molar refractivity (Wildman–Crippen MR) is 71.8 cm³/mol. The molecule has 0 spiro atoms. The molecular formula is C14H16N2O4. The van der Waals surface area contributed by atoms with Gasteiger partial charge in [-0.15, -0.1) is 0 Å². The van der Waals surface area contributed by atoms with E-state index in [4.69, 9.17) is 4.74 Å². The molecule has 1 atom stereocenters. The lowest BCUT2D eigenvalue weighted by atomic mass is 9.95. The zero-order valence-electron chi connectivity index (χ0n) is 11.3. The van der Waals surface area contributed by atoms with Crippen LogP contribution in [0.2, 0.25) is 0 Å². The summed E-state index contributed by atoms with van der Waals surface area (Å²) in [5, 5.41) is 14.6. The van der Waals surface area contributed by atoms with Crippen molar-refractivity contribution in [2.75, 3.05) is 6.61 Å². The average Bonchev–Trinajstić information content (AvgIpc) is 2.38. The van der Waals surface area contributed by atoms with Crippen LogP contribution in [0.15, 0.2) is 35.5 Å². The van der Waals surface area contributed by atoms with Gasteiger partial charge >= 0.3 is 12.0 Å². The predicted octanol–water partition coefficient (Wildman–Crippen LogP) is 1.58. The van der Waals surface area contributed by atoms with E-state index in [1.807, 2.05) is 0 Å². The fourth-order valence-electron chi connectivity index (χ4n) is 2.09. The summed E-state index contributed by atoms with van der Waals surface area (Å²) in [7, 11) is 0. The number of esters is 1. The van der Waals surface area contributed by atoms with Gasteiger partial charge in [0, 0.05) is 5.70 Å². The van der Waals surface area contributed by atoms with Crippen LogP contribution in [-0.4, -0.2) is 23.7 Å². The summed E-state index contributed by atoms with van der Waals surface area (Å²) in [5.41, 5.74) is 1.52. The number of aromatic hydroxyl groups is 1. The molecule has 6 nitrogen and oxygen atoms in total. The summed E-state index contributed by atoms with van der Waals surface area (Å²) in [5.74, 6) is -0.358. The highest BCUT2D eigenvalue weighted by atomic mass is 16.5. The van der Waals surface area contributed by atoms with Gasteiger partial charge in [-0.1, -0.05) is 12.1 Å². The summed E-state index contributed by atoms with van der Waals surface area (Å²) in [6.45, 7) is 3.63. The highest BCUT2D eigenvalue weighted by molar-refractivity contribution is 5.95. The molecule has 3 N–H and O–H groups in total. The number of hydrogen-bond acceptors (Lipinski definition) is 4. The Balaban J connectivity index is 2.41. The summed E-state index contributed by atoms with van der Waals surface area (Å²) in [4.78, 5) is 23.6. The number of phenols is 1. The van der Waals surface area contributed by atoms with Crippen molar-refractivity contribution in [1.29, 1.82) is 0 Å². The third-order valence-corrected chi connectivity index (χ3v) is 2.99. The van der Waals surface area contributed by atoms with Crippen LogP contribution in [0.3, 0.4) is 0 Å². The van der Waals surface area contributed by atoms with Gasteiger partial charge in [0.15, 0.2) is 0 Å². The van der Waals surface area contributed by atoms with E-state index >= 15 is 0 Å². The summed E-state index contributed by atoms with van der Waals surface area (Å²) < 4.78 is 5.02. The molecule has 0 aromatic heterocycles. The Morgan fingerprint density at radius 1 is 1.35 bits per heavy atom. The fourth-order valence-corrected chi connectivity index (χ4v) is 2.09. The number of phenolic OH excluding ortho intramolecular Hbond substituents is 1. The van der Waals surface area contributed by atoms with Gasteiger partial charge in [0.25, 0.3) is 0 Å². The summed E-state index contributed by atoms with van der Waals surface area (Å²) >= 11 is 0. The maximum Gasteiger partial charge on any atom is 0.338 e. The Labute approximate surface area is 116 Å². The van der Waals surface area contributed by atoms with Crippen molar-refractivity contribution in [2.45, 2.75) is 19.9 Å². The van der Waals surface area contributed by atoms with Crippen molar-refractivity contribution >= 4 is 12.0 Å². The molecule has 2 amide bonds. The van der Waals surface area contributed by atoms with Crippen LogP contribution < -0.4 is 10.6 Å². The number of benzene rings is 1. The van der Waals surface area contributed by atoms with Gasteiger partial charge in [-0.25, -0.2) is 9.59 Å². The lowest BCUT2D eigenvalue weighted by Gasteiger charge is -2.28. The molecular weight excluding hydrogens is 260 g/mol. The highest BCUT2D eigenvalue weighted by Gasteiger charge is 2.31. The molecule has 1 aromatic carbocycles. The smallest absolute Gasteiger partial charge is 0.338 e. The van der Waals surface area contributed by atoms with Crippen molar-refractivity contribution < 1.29 is 19.4 Å². The summed E-state index contributed by atoms with van der Waals surface area (Å²) in [6.07, 6.45) is 0. The third kappa shape index (κ3) is 2.74. The van der Waals surface area contributed by atoms with Gasteiger partial charge in [0.05, 0.1) is 18.2 Å². The Morgan fingerprint density at radius 2 is 2.00 bits per heavy atom. The van der Waals surface area contributed by atoms with Crippen LogP contribution >= 0.6 is 0 Å². The second-order valence-electron chi connectivity index (χ2n) is 4.38. The van der Waals surface area contributed by atoms with Crippen molar-refractivity contribution in [3.63, 3.8) is 0 Å². The first kappa shape index (κ1) is 13.9. The molecule has 1 aliphatic heterocycles. The van der Waals surface area contributed by atoms with Crippen LogP contribution in [-0.2, 0) is 9.53 Å². The highest BCUT2D eigenvalue weighted by Crippen LogP contribution is 2.28. The third-order valence-electron chi connectivity index (χ3n) is 2.99. The van der Waals surface area contributed by atoms with Crippen LogP contribution in [0.5, 0.6) is 5.75 Å². The number of hydrogen-bond donors (Lipinski definition) is 3. The Bertz CT molecular complexity index is 563. The van der Waals surface area contributed by atoms with E-state index in [1.165, 1.54) is 12.1 Å². The van der Waals surface area contributed by atoms with E-state index in [1.54, 1.807) is 26.0 Å². The molecule has 106 valence electrons. The second-order valence-corrected chi connectivity index (χ2v) is 4.38. The zero-order valence-corrected chi connectivity index (χ0v) is 11.3. The minimum atomic E-state index is -0.594. The van der Waals surface area contributed by atoms with Crippen LogP contribution in [0, 0.1) is 0 Å².